The Balaban J connectivity index is 1.59. The molecule has 0 spiro atoms. The molecule has 2 rings (SSSR count). The maximum atomic E-state index is 11.9. The molecule has 1 saturated heterocycles. The molecule has 0 aromatic rings. The molecule has 1 aliphatic carbocycles. The van der Waals surface area contributed by atoms with E-state index in [0.717, 1.165) is 45.2 Å². The first-order valence-electron chi connectivity index (χ1n) is 7.49. The lowest BCUT2D eigenvalue weighted by molar-refractivity contribution is -0.122. The summed E-state index contributed by atoms with van der Waals surface area (Å²) in [6.07, 6.45) is 8.47. The van der Waals surface area contributed by atoms with Gasteiger partial charge in [-0.15, -0.1) is 0 Å². The van der Waals surface area contributed by atoms with Crippen LogP contribution in [0, 0.1) is 5.92 Å². The topological polar surface area (TPSA) is 67.1 Å². The predicted molar refractivity (Wildman–Crippen MR) is 73.2 cm³/mol. The fourth-order valence-electron chi connectivity index (χ4n) is 3.07. The number of carbonyl (C=O) groups excluding carboxylic acids is 1. The van der Waals surface area contributed by atoms with Gasteiger partial charge in [-0.25, -0.2) is 0 Å². The van der Waals surface area contributed by atoms with Crippen molar-refractivity contribution in [3.05, 3.63) is 0 Å². The van der Waals surface area contributed by atoms with Gasteiger partial charge in [0.05, 0.1) is 0 Å². The molecule has 1 amide bonds. The molecule has 4 N–H and O–H groups in total. The largest absolute Gasteiger partial charge is 0.353 e. The fourth-order valence-corrected chi connectivity index (χ4v) is 3.07. The van der Waals surface area contributed by atoms with Crippen LogP contribution in [0.4, 0.5) is 0 Å². The number of carbonyl (C=O) groups is 1. The third-order valence-electron chi connectivity index (χ3n) is 4.32. The van der Waals surface area contributed by atoms with Gasteiger partial charge in [-0.1, -0.05) is 0 Å². The van der Waals surface area contributed by atoms with Gasteiger partial charge in [-0.05, 0) is 64.0 Å². The summed E-state index contributed by atoms with van der Waals surface area (Å²) in [5.74, 6) is 0.935. The van der Waals surface area contributed by atoms with Crippen LogP contribution >= 0.6 is 0 Å². The van der Waals surface area contributed by atoms with E-state index in [2.05, 4.69) is 10.6 Å². The Hall–Kier alpha value is -0.610. The van der Waals surface area contributed by atoms with E-state index in [0.29, 0.717) is 24.4 Å². The van der Waals surface area contributed by atoms with Crippen molar-refractivity contribution in [1.29, 1.82) is 0 Å². The summed E-state index contributed by atoms with van der Waals surface area (Å²) in [5.41, 5.74) is 5.86. The van der Waals surface area contributed by atoms with Crippen LogP contribution in [-0.4, -0.2) is 31.1 Å². The van der Waals surface area contributed by atoms with Crippen molar-refractivity contribution in [2.45, 2.75) is 63.5 Å². The second-order valence-electron chi connectivity index (χ2n) is 5.93. The highest BCUT2D eigenvalue weighted by molar-refractivity contribution is 5.76. The molecule has 0 bridgehead atoms. The molecule has 4 heteroatoms. The number of amides is 1. The Kier molecular flexibility index (Phi) is 5.45. The highest BCUT2D eigenvalue weighted by Crippen LogP contribution is 2.18. The molecule has 2 fully saturated rings. The van der Waals surface area contributed by atoms with Crippen molar-refractivity contribution in [2.24, 2.45) is 11.7 Å². The molecular formula is C14H27N3O. The van der Waals surface area contributed by atoms with Crippen LogP contribution in [0.25, 0.3) is 0 Å². The second kappa shape index (κ2) is 7.10. The summed E-state index contributed by atoms with van der Waals surface area (Å²) >= 11 is 0. The molecular weight excluding hydrogens is 226 g/mol. The van der Waals surface area contributed by atoms with Crippen molar-refractivity contribution >= 4 is 5.91 Å². The van der Waals surface area contributed by atoms with Crippen LogP contribution in [0.15, 0.2) is 0 Å². The lowest BCUT2D eigenvalue weighted by Gasteiger charge is -2.27. The molecule has 0 aromatic heterocycles. The number of nitrogens with one attached hydrogen (secondary N) is 2. The second-order valence-corrected chi connectivity index (χ2v) is 5.93. The van der Waals surface area contributed by atoms with E-state index >= 15 is 0 Å². The lowest BCUT2D eigenvalue weighted by atomic mass is 9.91. The molecule has 1 heterocycles. The molecule has 1 unspecified atom stereocenters. The average Bonchev–Trinajstić information content (AvgIpc) is 2.40. The first kappa shape index (κ1) is 13.8. The van der Waals surface area contributed by atoms with Gasteiger partial charge in [-0.2, -0.15) is 0 Å². The van der Waals surface area contributed by atoms with Crippen LogP contribution < -0.4 is 16.4 Å². The molecule has 0 aromatic carbocycles. The van der Waals surface area contributed by atoms with Crippen molar-refractivity contribution in [3.8, 4) is 0 Å². The van der Waals surface area contributed by atoms with Crippen LogP contribution in [0.3, 0.4) is 0 Å². The van der Waals surface area contributed by atoms with Gasteiger partial charge in [0, 0.05) is 18.5 Å². The lowest BCUT2D eigenvalue weighted by Crippen LogP contribution is -2.40. The van der Waals surface area contributed by atoms with Crippen molar-refractivity contribution in [1.82, 2.24) is 10.6 Å². The molecule has 1 atom stereocenters. The standard InChI is InChI=1S/C14H27N3O/c15-12-4-6-13(7-5-12)17-14(18)8-3-11-2-1-9-16-10-11/h11-13,16H,1-10,15H2,(H,17,18). The normalized spacial score (nSPS) is 33.1. The van der Waals surface area contributed by atoms with Gasteiger partial charge >= 0.3 is 0 Å². The summed E-state index contributed by atoms with van der Waals surface area (Å²) in [6.45, 7) is 2.23. The highest BCUT2D eigenvalue weighted by Gasteiger charge is 2.20. The molecule has 18 heavy (non-hydrogen) atoms. The minimum Gasteiger partial charge on any atom is -0.353 e. The van der Waals surface area contributed by atoms with Crippen molar-refractivity contribution in [3.63, 3.8) is 0 Å². The van der Waals surface area contributed by atoms with Gasteiger partial charge in [0.15, 0.2) is 0 Å². The molecule has 0 radical (unpaired) electrons. The Morgan fingerprint density at radius 1 is 1.22 bits per heavy atom. The smallest absolute Gasteiger partial charge is 0.220 e. The third-order valence-corrected chi connectivity index (χ3v) is 4.32. The Bertz CT molecular complexity index is 256. The summed E-state index contributed by atoms with van der Waals surface area (Å²) in [6, 6.07) is 0.730. The number of hydrogen-bond acceptors (Lipinski definition) is 3. The minimum absolute atomic E-state index is 0.237. The SMILES string of the molecule is NC1CCC(NC(=O)CCC2CCCNC2)CC1. The number of piperidine rings is 1. The van der Waals surface area contributed by atoms with E-state index in [1.807, 2.05) is 0 Å². The number of nitrogens with two attached hydrogens (primary N) is 1. The summed E-state index contributed by atoms with van der Waals surface area (Å²) < 4.78 is 0. The highest BCUT2D eigenvalue weighted by atomic mass is 16.1. The zero-order valence-corrected chi connectivity index (χ0v) is 11.3. The molecule has 1 aliphatic heterocycles. The molecule has 1 saturated carbocycles. The van der Waals surface area contributed by atoms with Crippen molar-refractivity contribution in [2.75, 3.05) is 13.1 Å². The van der Waals surface area contributed by atoms with Gasteiger partial charge in [0.25, 0.3) is 0 Å². The quantitative estimate of drug-likeness (QED) is 0.704. The number of hydrogen-bond donors (Lipinski definition) is 3. The van der Waals surface area contributed by atoms with E-state index in [4.69, 9.17) is 5.73 Å². The van der Waals surface area contributed by atoms with E-state index < -0.39 is 0 Å². The van der Waals surface area contributed by atoms with E-state index in [-0.39, 0.29) is 5.91 Å². The molecule has 104 valence electrons. The van der Waals surface area contributed by atoms with Gasteiger partial charge < -0.3 is 16.4 Å². The van der Waals surface area contributed by atoms with Crippen LogP contribution in [0.5, 0.6) is 0 Å². The van der Waals surface area contributed by atoms with Gasteiger partial charge in [0.2, 0.25) is 5.91 Å². The third kappa shape index (κ3) is 4.58. The zero-order chi connectivity index (χ0) is 12.8. The monoisotopic (exact) mass is 253 g/mol. The van der Waals surface area contributed by atoms with E-state index in [9.17, 15) is 4.79 Å². The van der Waals surface area contributed by atoms with Crippen LogP contribution in [-0.2, 0) is 4.79 Å². The molecule has 4 nitrogen and oxygen atoms in total. The molecule has 2 aliphatic rings. The zero-order valence-electron chi connectivity index (χ0n) is 11.3. The average molecular weight is 253 g/mol. The summed E-state index contributed by atoms with van der Waals surface area (Å²) in [7, 11) is 0. The Labute approximate surface area is 110 Å². The van der Waals surface area contributed by atoms with Crippen LogP contribution in [0.2, 0.25) is 0 Å². The first-order chi connectivity index (χ1) is 8.74. The number of rotatable bonds is 4. The van der Waals surface area contributed by atoms with Crippen LogP contribution in [0.1, 0.15) is 51.4 Å². The van der Waals surface area contributed by atoms with Gasteiger partial charge in [-0.3, -0.25) is 4.79 Å². The predicted octanol–water partition coefficient (Wildman–Crippen LogP) is 1.15. The first-order valence-corrected chi connectivity index (χ1v) is 7.49. The Morgan fingerprint density at radius 3 is 2.67 bits per heavy atom. The summed E-state index contributed by atoms with van der Waals surface area (Å²) in [5, 5.41) is 6.56. The minimum atomic E-state index is 0.237. The maximum absolute atomic E-state index is 11.9. The maximum Gasteiger partial charge on any atom is 0.220 e. The fraction of sp³-hybridized carbons (Fsp3) is 0.929. The summed E-state index contributed by atoms with van der Waals surface area (Å²) in [4.78, 5) is 11.9. The van der Waals surface area contributed by atoms with E-state index in [1.165, 1.54) is 12.8 Å². The Morgan fingerprint density at radius 2 is 2.00 bits per heavy atom. The van der Waals surface area contributed by atoms with Gasteiger partial charge in [0.1, 0.15) is 0 Å². The van der Waals surface area contributed by atoms with E-state index in [1.54, 1.807) is 0 Å². The van der Waals surface area contributed by atoms with Crippen molar-refractivity contribution < 1.29 is 4.79 Å².